The first-order valence-corrected chi connectivity index (χ1v) is 9.77. The van der Waals surface area contributed by atoms with E-state index in [1.54, 1.807) is 0 Å². The van der Waals surface area contributed by atoms with Gasteiger partial charge in [0.05, 0.1) is 5.69 Å². The average molecular weight is 380 g/mol. The van der Waals surface area contributed by atoms with Gasteiger partial charge < -0.3 is 14.8 Å². The predicted molar refractivity (Wildman–Crippen MR) is 112 cm³/mol. The highest BCUT2D eigenvalue weighted by Crippen LogP contribution is 2.29. The minimum absolute atomic E-state index is 0.0191. The maximum atomic E-state index is 13.2. The number of hydrogen-bond donors (Lipinski definition) is 1. The second-order valence-electron chi connectivity index (χ2n) is 8.05. The fourth-order valence-corrected chi connectivity index (χ4v) is 3.60. The molecule has 1 aliphatic rings. The van der Waals surface area contributed by atoms with Crippen LogP contribution in [-0.2, 0) is 13.0 Å². The van der Waals surface area contributed by atoms with Crippen LogP contribution >= 0.6 is 0 Å². The van der Waals surface area contributed by atoms with Crippen molar-refractivity contribution in [1.82, 2.24) is 14.8 Å². The number of carbonyl (C=O) groups excluding carboxylic acids is 2. The van der Waals surface area contributed by atoms with Crippen LogP contribution in [0.2, 0.25) is 0 Å². The smallest absolute Gasteiger partial charge is 0.268 e. The number of Topliss-reactive ketones (excluding diaryl/α,β-unsaturated/α-hetero) is 1. The third-order valence-electron chi connectivity index (χ3n) is 4.87. The standard InChI is InChI=1S/C23H29N3O2/c1-15(2)24-23(28)20-12-18-10-11-19(14-25(4)5)22(27)21(18)26(20)13-17-8-6-16(3)7-9-17/h6-9,12,14-15H,10-11,13H2,1-5H3,(H,24,28). The van der Waals surface area contributed by atoms with Crippen LogP contribution < -0.4 is 5.32 Å². The van der Waals surface area contributed by atoms with E-state index in [1.807, 2.05) is 56.6 Å². The number of fused-ring (bicyclic) bond motifs is 1. The summed E-state index contributed by atoms with van der Waals surface area (Å²) in [5.41, 5.74) is 5.20. The Balaban J connectivity index is 2.08. The van der Waals surface area contributed by atoms with Crippen LogP contribution in [0.15, 0.2) is 42.1 Å². The van der Waals surface area contributed by atoms with Gasteiger partial charge in [-0.15, -0.1) is 0 Å². The van der Waals surface area contributed by atoms with Gasteiger partial charge in [-0.2, -0.15) is 0 Å². The van der Waals surface area contributed by atoms with Crippen LogP contribution in [0, 0.1) is 6.92 Å². The van der Waals surface area contributed by atoms with Gasteiger partial charge in [-0.3, -0.25) is 9.59 Å². The van der Waals surface area contributed by atoms with Gasteiger partial charge >= 0.3 is 0 Å². The number of carbonyl (C=O) groups is 2. The summed E-state index contributed by atoms with van der Waals surface area (Å²) >= 11 is 0. The average Bonchev–Trinajstić information content (AvgIpc) is 2.98. The summed E-state index contributed by atoms with van der Waals surface area (Å²) in [6, 6.07) is 10.1. The molecule has 5 heteroatoms. The Morgan fingerprint density at radius 1 is 1.21 bits per heavy atom. The van der Waals surface area contributed by atoms with Crippen LogP contribution in [0.1, 0.15) is 57.9 Å². The number of hydrogen-bond acceptors (Lipinski definition) is 3. The summed E-state index contributed by atoms with van der Waals surface area (Å²) in [6.45, 7) is 6.42. The summed E-state index contributed by atoms with van der Waals surface area (Å²) in [6.07, 6.45) is 3.36. The molecular weight excluding hydrogens is 350 g/mol. The third-order valence-corrected chi connectivity index (χ3v) is 4.87. The monoisotopic (exact) mass is 379 g/mol. The van der Waals surface area contributed by atoms with Crippen molar-refractivity contribution in [3.05, 3.63) is 70.2 Å². The van der Waals surface area contributed by atoms with E-state index in [0.29, 0.717) is 24.4 Å². The molecule has 0 aliphatic heterocycles. The second kappa shape index (κ2) is 8.05. The van der Waals surface area contributed by atoms with Crippen molar-refractivity contribution in [2.24, 2.45) is 0 Å². The number of rotatable bonds is 5. The van der Waals surface area contributed by atoms with Crippen molar-refractivity contribution in [3.8, 4) is 0 Å². The van der Waals surface area contributed by atoms with Crippen LogP contribution in [0.3, 0.4) is 0 Å². The van der Waals surface area contributed by atoms with Crippen molar-refractivity contribution in [2.45, 2.75) is 46.2 Å². The largest absolute Gasteiger partial charge is 0.383 e. The highest BCUT2D eigenvalue weighted by Gasteiger charge is 2.30. The number of aromatic nitrogens is 1. The molecule has 148 valence electrons. The molecule has 1 aliphatic carbocycles. The summed E-state index contributed by atoms with van der Waals surface area (Å²) in [7, 11) is 3.84. The third kappa shape index (κ3) is 4.19. The summed E-state index contributed by atoms with van der Waals surface area (Å²) < 4.78 is 1.89. The Morgan fingerprint density at radius 3 is 2.50 bits per heavy atom. The molecule has 1 aromatic heterocycles. The lowest BCUT2D eigenvalue weighted by molar-refractivity contribution is 0.0934. The molecule has 1 aromatic carbocycles. The van der Waals surface area contributed by atoms with E-state index < -0.39 is 0 Å². The van der Waals surface area contributed by atoms with Crippen LogP contribution in [0.5, 0.6) is 0 Å². The number of ketones is 1. The molecule has 0 unspecified atom stereocenters. The Morgan fingerprint density at radius 2 is 1.89 bits per heavy atom. The lowest BCUT2D eigenvalue weighted by Crippen LogP contribution is -2.32. The van der Waals surface area contributed by atoms with E-state index in [0.717, 1.165) is 23.1 Å². The topological polar surface area (TPSA) is 54.3 Å². The first kappa shape index (κ1) is 19.9. The van der Waals surface area contributed by atoms with E-state index in [1.165, 1.54) is 5.56 Å². The zero-order valence-corrected chi connectivity index (χ0v) is 17.4. The Labute approximate surface area is 167 Å². The van der Waals surface area contributed by atoms with E-state index in [-0.39, 0.29) is 17.7 Å². The van der Waals surface area contributed by atoms with E-state index >= 15 is 0 Å². The van der Waals surface area contributed by atoms with Crippen LogP contribution in [0.4, 0.5) is 0 Å². The minimum atomic E-state index is -0.137. The first-order chi connectivity index (χ1) is 13.3. The molecular formula is C23H29N3O2. The quantitative estimate of drug-likeness (QED) is 0.808. The van der Waals surface area contributed by atoms with Gasteiger partial charge in [0.1, 0.15) is 5.69 Å². The van der Waals surface area contributed by atoms with Gasteiger partial charge in [-0.1, -0.05) is 29.8 Å². The van der Waals surface area contributed by atoms with Gasteiger partial charge in [0.2, 0.25) is 5.78 Å². The molecule has 28 heavy (non-hydrogen) atoms. The highest BCUT2D eigenvalue weighted by atomic mass is 16.2. The van der Waals surface area contributed by atoms with E-state index in [9.17, 15) is 9.59 Å². The Bertz CT molecular complexity index is 918. The number of allylic oxidation sites excluding steroid dienone is 1. The highest BCUT2D eigenvalue weighted by molar-refractivity contribution is 6.11. The zero-order valence-electron chi connectivity index (χ0n) is 17.4. The van der Waals surface area contributed by atoms with Gasteiger partial charge in [0.15, 0.2) is 0 Å². The molecule has 0 spiro atoms. The maximum absolute atomic E-state index is 13.2. The van der Waals surface area contributed by atoms with Gasteiger partial charge in [-0.05, 0) is 50.8 Å². The molecule has 1 amide bonds. The fraction of sp³-hybridized carbons (Fsp3) is 0.391. The molecule has 0 saturated carbocycles. The lowest BCUT2D eigenvalue weighted by atomic mass is 9.92. The molecule has 0 saturated heterocycles. The predicted octanol–water partition coefficient (Wildman–Crippen LogP) is 3.56. The summed E-state index contributed by atoms with van der Waals surface area (Å²) in [5.74, 6) is -0.117. The van der Waals surface area contributed by atoms with Crippen molar-refractivity contribution in [3.63, 3.8) is 0 Å². The molecule has 1 N–H and O–H groups in total. The van der Waals surface area contributed by atoms with Gasteiger partial charge in [0.25, 0.3) is 5.91 Å². The van der Waals surface area contributed by atoms with Crippen LogP contribution in [-0.4, -0.2) is 41.3 Å². The summed E-state index contributed by atoms with van der Waals surface area (Å²) in [5, 5.41) is 2.97. The SMILES string of the molecule is Cc1ccc(Cn2c(C(=O)NC(C)C)cc3c2C(=O)C(=CN(C)C)CC3)cc1. The molecule has 1 heterocycles. The number of benzene rings is 1. The van der Waals surface area contributed by atoms with E-state index in [2.05, 4.69) is 29.6 Å². The van der Waals surface area contributed by atoms with Gasteiger partial charge in [0, 0.05) is 38.5 Å². The molecule has 3 rings (SSSR count). The normalized spacial score (nSPS) is 15.1. The number of nitrogens with one attached hydrogen (secondary N) is 1. The molecule has 0 fully saturated rings. The molecule has 2 aromatic rings. The fourth-order valence-electron chi connectivity index (χ4n) is 3.60. The Kier molecular flexibility index (Phi) is 5.73. The lowest BCUT2D eigenvalue weighted by Gasteiger charge is -2.20. The van der Waals surface area contributed by atoms with Crippen molar-refractivity contribution in [2.75, 3.05) is 14.1 Å². The number of nitrogens with zero attached hydrogens (tertiary/aromatic N) is 2. The summed E-state index contributed by atoms with van der Waals surface area (Å²) in [4.78, 5) is 28.0. The van der Waals surface area contributed by atoms with E-state index in [4.69, 9.17) is 0 Å². The number of amides is 1. The molecule has 0 bridgehead atoms. The molecule has 5 nitrogen and oxygen atoms in total. The second-order valence-corrected chi connectivity index (χ2v) is 8.05. The Hall–Kier alpha value is -2.82. The van der Waals surface area contributed by atoms with Crippen molar-refractivity contribution < 1.29 is 9.59 Å². The number of aryl methyl sites for hydroxylation is 2. The first-order valence-electron chi connectivity index (χ1n) is 9.77. The van der Waals surface area contributed by atoms with Gasteiger partial charge in [-0.25, -0.2) is 0 Å². The van der Waals surface area contributed by atoms with Crippen molar-refractivity contribution in [1.29, 1.82) is 0 Å². The van der Waals surface area contributed by atoms with Crippen LogP contribution in [0.25, 0.3) is 0 Å². The maximum Gasteiger partial charge on any atom is 0.268 e. The van der Waals surface area contributed by atoms with Crippen molar-refractivity contribution >= 4 is 11.7 Å². The molecule has 0 radical (unpaired) electrons. The molecule has 0 atom stereocenters. The minimum Gasteiger partial charge on any atom is -0.383 e. The zero-order chi connectivity index (χ0) is 20.4.